The summed E-state index contributed by atoms with van der Waals surface area (Å²) in [7, 11) is 0. The van der Waals surface area contributed by atoms with E-state index in [0.717, 1.165) is 0 Å². The van der Waals surface area contributed by atoms with Crippen molar-refractivity contribution in [3.8, 4) is 11.5 Å². The van der Waals surface area contributed by atoms with E-state index in [1.807, 2.05) is 0 Å². The minimum atomic E-state index is -0.372. The first-order valence-electron chi connectivity index (χ1n) is 5.30. The first-order valence-corrected chi connectivity index (χ1v) is 5.30. The van der Waals surface area contributed by atoms with Crippen LogP contribution in [0, 0.1) is 5.82 Å². The number of pyridine rings is 1. The SMILES string of the molecule is CC(=O)Nc1cc(Oc2cccc(F)c2)ccn1. The Balaban J connectivity index is 2.16. The molecule has 0 fully saturated rings. The molecule has 1 heterocycles. The van der Waals surface area contributed by atoms with Crippen LogP contribution < -0.4 is 10.1 Å². The molecule has 0 radical (unpaired) electrons. The number of rotatable bonds is 3. The van der Waals surface area contributed by atoms with Gasteiger partial charge in [-0.1, -0.05) is 6.07 Å². The molecule has 0 unspecified atom stereocenters. The van der Waals surface area contributed by atoms with E-state index in [9.17, 15) is 9.18 Å². The van der Waals surface area contributed by atoms with Gasteiger partial charge in [0.15, 0.2) is 0 Å². The predicted octanol–water partition coefficient (Wildman–Crippen LogP) is 2.97. The van der Waals surface area contributed by atoms with Crippen LogP contribution >= 0.6 is 0 Å². The normalized spacial score (nSPS) is 9.89. The second-order valence-corrected chi connectivity index (χ2v) is 3.62. The number of amides is 1. The molecule has 4 nitrogen and oxygen atoms in total. The summed E-state index contributed by atoms with van der Waals surface area (Å²) in [6, 6.07) is 8.99. The molecule has 1 amide bonds. The highest BCUT2D eigenvalue weighted by Crippen LogP contribution is 2.23. The van der Waals surface area contributed by atoms with Crippen molar-refractivity contribution < 1.29 is 13.9 Å². The van der Waals surface area contributed by atoms with Gasteiger partial charge in [0.1, 0.15) is 23.1 Å². The quantitative estimate of drug-likeness (QED) is 0.905. The van der Waals surface area contributed by atoms with E-state index in [4.69, 9.17) is 4.74 Å². The third-order valence-corrected chi connectivity index (χ3v) is 2.07. The molecule has 2 rings (SSSR count). The first-order chi connectivity index (χ1) is 8.63. The lowest BCUT2D eigenvalue weighted by atomic mass is 10.3. The van der Waals surface area contributed by atoms with Gasteiger partial charge in [-0.2, -0.15) is 0 Å². The fraction of sp³-hybridized carbons (Fsp3) is 0.0769. The fourth-order valence-corrected chi connectivity index (χ4v) is 1.39. The van der Waals surface area contributed by atoms with Gasteiger partial charge in [0, 0.05) is 25.3 Å². The van der Waals surface area contributed by atoms with Crippen LogP contribution in [0.5, 0.6) is 11.5 Å². The number of carbonyl (C=O) groups is 1. The van der Waals surface area contributed by atoms with Gasteiger partial charge in [-0.3, -0.25) is 4.79 Å². The molecule has 0 bridgehead atoms. The van der Waals surface area contributed by atoms with E-state index >= 15 is 0 Å². The van der Waals surface area contributed by atoms with Gasteiger partial charge in [-0.25, -0.2) is 9.37 Å². The Morgan fingerprint density at radius 2 is 2.06 bits per heavy atom. The van der Waals surface area contributed by atoms with Gasteiger partial charge in [-0.15, -0.1) is 0 Å². The van der Waals surface area contributed by atoms with Gasteiger partial charge >= 0.3 is 0 Å². The number of halogens is 1. The van der Waals surface area contributed by atoms with Crippen molar-refractivity contribution in [1.29, 1.82) is 0 Å². The van der Waals surface area contributed by atoms with Gasteiger partial charge in [0.05, 0.1) is 0 Å². The highest BCUT2D eigenvalue weighted by molar-refractivity contribution is 5.87. The Kier molecular flexibility index (Phi) is 3.52. The van der Waals surface area contributed by atoms with Gasteiger partial charge in [0.2, 0.25) is 5.91 Å². The van der Waals surface area contributed by atoms with E-state index < -0.39 is 0 Å². The summed E-state index contributed by atoms with van der Waals surface area (Å²) in [5, 5.41) is 2.54. The van der Waals surface area contributed by atoms with Crippen molar-refractivity contribution in [3.63, 3.8) is 0 Å². The summed E-state index contributed by atoms with van der Waals surface area (Å²) in [5.41, 5.74) is 0. The minimum absolute atomic E-state index is 0.217. The minimum Gasteiger partial charge on any atom is -0.457 e. The molecule has 1 aromatic heterocycles. The first kappa shape index (κ1) is 12.0. The molecule has 0 aliphatic heterocycles. The number of anilines is 1. The maximum atomic E-state index is 13.0. The molecule has 0 spiro atoms. The van der Waals surface area contributed by atoms with Crippen LogP contribution in [0.1, 0.15) is 6.92 Å². The number of nitrogens with one attached hydrogen (secondary N) is 1. The van der Waals surface area contributed by atoms with Gasteiger partial charge in [-0.05, 0) is 18.2 Å². The Hall–Kier alpha value is -2.43. The zero-order valence-electron chi connectivity index (χ0n) is 9.68. The topological polar surface area (TPSA) is 51.2 Å². The summed E-state index contributed by atoms with van der Waals surface area (Å²) in [4.78, 5) is 14.8. The smallest absolute Gasteiger partial charge is 0.222 e. The zero-order valence-corrected chi connectivity index (χ0v) is 9.68. The standard InChI is InChI=1S/C13H11FN2O2/c1-9(17)16-13-8-12(5-6-15-13)18-11-4-2-3-10(14)7-11/h2-8H,1H3,(H,15,16,17). The summed E-state index contributed by atoms with van der Waals surface area (Å²) in [6.07, 6.45) is 1.50. The fourth-order valence-electron chi connectivity index (χ4n) is 1.39. The monoisotopic (exact) mass is 246 g/mol. The van der Waals surface area contributed by atoms with E-state index in [1.165, 1.54) is 25.3 Å². The molecule has 0 aliphatic carbocycles. The molecular weight excluding hydrogens is 235 g/mol. The summed E-state index contributed by atoms with van der Waals surface area (Å²) in [6.45, 7) is 1.39. The van der Waals surface area contributed by atoms with Crippen LogP contribution in [0.25, 0.3) is 0 Å². The Morgan fingerprint density at radius 3 is 2.78 bits per heavy atom. The lowest BCUT2D eigenvalue weighted by molar-refractivity contribution is -0.114. The average Bonchev–Trinajstić information content (AvgIpc) is 2.28. The molecule has 18 heavy (non-hydrogen) atoms. The molecule has 0 saturated heterocycles. The third kappa shape index (κ3) is 3.28. The van der Waals surface area contributed by atoms with Crippen molar-refractivity contribution >= 4 is 11.7 Å². The number of nitrogens with zero attached hydrogens (tertiary/aromatic N) is 1. The van der Waals surface area contributed by atoms with E-state index in [2.05, 4.69) is 10.3 Å². The number of hydrogen-bond donors (Lipinski definition) is 1. The molecule has 92 valence electrons. The maximum Gasteiger partial charge on any atom is 0.222 e. The number of benzene rings is 1. The largest absolute Gasteiger partial charge is 0.457 e. The highest BCUT2D eigenvalue weighted by atomic mass is 19.1. The summed E-state index contributed by atoms with van der Waals surface area (Å²) in [5.74, 6) is 0.653. The highest BCUT2D eigenvalue weighted by Gasteiger charge is 2.02. The van der Waals surface area contributed by atoms with Crippen molar-refractivity contribution in [1.82, 2.24) is 4.98 Å². The molecule has 1 N–H and O–H groups in total. The second-order valence-electron chi connectivity index (χ2n) is 3.62. The second kappa shape index (κ2) is 5.27. The van der Waals surface area contributed by atoms with Gasteiger partial charge in [0.25, 0.3) is 0 Å². The van der Waals surface area contributed by atoms with Crippen LogP contribution in [-0.2, 0) is 4.79 Å². The van der Waals surface area contributed by atoms with Crippen LogP contribution in [0.2, 0.25) is 0 Å². The van der Waals surface area contributed by atoms with E-state index in [-0.39, 0.29) is 11.7 Å². The van der Waals surface area contributed by atoms with Crippen LogP contribution in [0.3, 0.4) is 0 Å². The lowest BCUT2D eigenvalue weighted by Crippen LogP contribution is -2.07. The van der Waals surface area contributed by atoms with E-state index in [0.29, 0.717) is 17.3 Å². The average molecular weight is 246 g/mol. The maximum absolute atomic E-state index is 13.0. The zero-order chi connectivity index (χ0) is 13.0. The molecule has 0 aliphatic rings. The van der Waals surface area contributed by atoms with E-state index in [1.54, 1.807) is 24.3 Å². The number of ether oxygens (including phenoxy) is 1. The van der Waals surface area contributed by atoms with Crippen LogP contribution in [0.15, 0.2) is 42.6 Å². The van der Waals surface area contributed by atoms with Crippen molar-refractivity contribution in [2.24, 2.45) is 0 Å². The summed E-state index contributed by atoms with van der Waals surface area (Å²) < 4.78 is 18.4. The molecule has 0 saturated carbocycles. The molecule has 5 heteroatoms. The number of aromatic nitrogens is 1. The van der Waals surface area contributed by atoms with Crippen molar-refractivity contribution in [2.45, 2.75) is 6.92 Å². The van der Waals surface area contributed by atoms with Crippen LogP contribution in [0.4, 0.5) is 10.2 Å². The Labute approximate surface area is 103 Å². The van der Waals surface area contributed by atoms with Crippen molar-refractivity contribution in [2.75, 3.05) is 5.32 Å². The van der Waals surface area contributed by atoms with Crippen molar-refractivity contribution in [3.05, 3.63) is 48.4 Å². The number of hydrogen-bond acceptors (Lipinski definition) is 3. The third-order valence-electron chi connectivity index (χ3n) is 2.07. The summed E-state index contributed by atoms with van der Waals surface area (Å²) >= 11 is 0. The van der Waals surface area contributed by atoms with Crippen LogP contribution in [-0.4, -0.2) is 10.9 Å². The Bertz CT molecular complexity index is 572. The Morgan fingerprint density at radius 1 is 1.28 bits per heavy atom. The molecule has 1 aromatic carbocycles. The molecule has 0 atom stereocenters. The van der Waals surface area contributed by atoms with Gasteiger partial charge < -0.3 is 10.1 Å². The lowest BCUT2D eigenvalue weighted by Gasteiger charge is -2.07. The molecule has 2 aromatic rings. The molecular formula is C13H11FN2O2. The number of carbonyl (C=O) groups excluding carboxylic acids is 1. The predicted molar refractivity (Wildman–Crippen MR) is 65.0 cm³/mol.